The number of thioether (sulfide) groups is 1. The van der Waals surface area contributed by atoms with Gasteiger partial charge < -0.3 is 9.72 Å². The molecule has 0 unspecified atom stereocenters. The minimum Gasteiger partial charge on any atom is -0.406 e. The van der Waals surface area contributed by atoms with Gasteiger partial charge in [-0.25, -0.2) is 4.98 Å². The van der Waals surface area contributed by atoms with E-state index in [1.54, 1.807) is 24.3 Å². The van der Waals surface area contributed by atoms with Crippen LogP contribution in [0.3, 0.4) is 0 Å². The molecule has 0 saturated heterocycles. The number of H-pyrrole nitrogens is 1. The number of allylic oxidation sites excluding steroid dienone is 1. The predicted octanol–water partition coefficient (Wildman–Crippen LogP) is 7.70. The van der Waals surface area contributed by atoms with E-state index in [1.165, 1.54) is 36.0 Å². The van der Waals surface area contributed by atoms with Crippen LogP contribution < -0.4 is 10.3 Å². The number of nitrogens with one attached hydrogen (secondary N) is 1. The maximum atomic E-state index is 12.5. The first-order chi connectivity index (χ1) is 19.0. The molecule has 40 heavy (non-hydrogen) atoms. The molecule has 0 amide bonds. The first kappa shape index (κ1) is 29.0. The molecule has 0 fully saturated rings. The Kier molecular flexibility index (Phi) is 9.00. The molecule has 1 aromatic heterocycles. The summed E-state index contributed by atoms with van der Waals surface area (Å²) in [4.78, 5) is 31.9. The third-order valence-electron chi connectivity index (χ3n) is 5.33. The number of benzene rings is 3. The molecule has 4 aromatic rings. The highest BCUT2D eigenvalue weighted by Crippen LogP contribution is 2.28. The molecule has 4 rings (SSSR count). The lowest BCUT2D eigenvalue weighted by molar-refractivity contribution is -0.274. The second-order valence-corrected chi connectivity index (χ2v) is 9.92. The number of aromatic amines is 1. The fraction of sp³-hybridized carbons (Fsp3) is 0.0714. The Morgan fingerprint density at radius 3 is 2.50 bits per heavy atom. The summed E-state index contributed by atoms with van der Waals surface area (Å²) >= 11 is 13.1. The highest BCUT2D eigenvalue weighted by molar-refractivity contribution is 7.98. The van der Waals surface area contributed by atoms with Crippen molar-refractivity contribution in [1.29, 1.82) is 5.26 Å². The highest BCUT2D eigenvalue weighted by Gasteiger charge is 2.31. The third kappa shape index (κ3) is 7.54. The molecule has 0 spiro atoms. The van der Waals surface area contributed by atoms with Crippen molar-refractivity contribution in [2.45, 2.75) is 17.3 Å². The van der Waals surface area contributed by atoms with E-state index in [-0.39, 0.29) is 32.8 Å². The third-order valence-corrected chi connectivity index (χ3v) is 7.01. The van der Waals surface area contributed by atoms with Crippen molar-refractivity contribution in [2.24, 2.45) is 0 Å². The molecule has 0 aliphatic rings. The fourth-order valence-corrected chi connectivity index (χ4v) is 4.61. The summed E-state index contributed by atoms with van der Waals surface area (Å²) in [6.45, 7) is 0. The van der Waals surface area contributed by atoms with Crippen molar-refractivity contribution in [3.8, 4) is 23.1 Å². The van der Waals surface area contributed by atoms with Crippen LogP contribution in [0.4, 0.5) is 13.2 Å². The number of hydrogen-bond acceptors (Lipinski definition) is 6. The number of carbonyl (C=O) groups is 1. The Labute approximate surface area is 240 Å². The molecule has 6 nitrogen and oxygen atoms in total. The van der Waals surface area contributed by atoms with Crippen molar-refractivity contribution in [3.63, 3.8) is 0 Å². The number of ketones is 1. The molecule has 202 valence electrons. The monoisotopic (exact) mass is 601 g/mol. The molecule has 12 heteroatoms. The van der Waals surface area contributed by atoms with Gasteiger partial charge in [0.05, 0.1) is 15.7 Å². The second-order valence-electron chi connectivity index (χ2n) is 8.14. The van der Waals surface area contributed by atoms with Crippen molar-refractivity contribution in [3.05, 3.63) is 115 Å². The van der Waals surface area contributed by atoms with E-state index >= 15 is 0 Å². The summed E-state index contributed by atoms with van der Waals surface area (Å²) in [6.07, 6.45) is -1.77. The summed E-state index contributed by atoms with van der Waals surface area (Å²) in [7, 11) is 0. The number of aromatic nitrogens is 2. The fourth-order valence-electron chi connectivity index (χ4n) is 3.50. The number of ether oxygens (including phenoxy) is 1. The first-order valence-electron chi connectivity index (χ1n) is 11.3. The van der Waals surface area contributed by atoms with Gasteiger partial charge in [0.15, 0.2) is 10.9 Å². The van der Waals surface area contributed by atoms with E-state index in [4.69, 9.17) is 23.2 Å². The molecule has 1 N–H and O–H groups in total. The summed E-state index contributed by atoms with van der Waals surface area (Å²) < 4.78 is 41.2. The second kappa shape index (κ2) is 12.4. The zero-order valence-electron chi connectivity index (χ0n) is 20.1. The number of hydrogen-bond donors (Lipinski definition) is 1. The molecule has 0 saturated carbocycles. The SMILES string of the molecule is N#Cc1c(-c2ccc(OC(F)(F)F)cc2)nc(SCc2cccc(/C=C/C(=O)c3ccc(Cl)c(Cl)c3)c2)[nH]c1=O. The summed E-state index contributed by atoms with van der Waals surface area (Å²) in [6, 6.07) is 18.5. The summed E-state index contributed by atoms with van der Waals surface area (Å²) in [5.74, 6) is -0.306. The zero-order valence-corrected chi connectivity index (χ0v) is 22.5. The van der Waals surface area contributed by atoms with E-state index < -0.39 is 17.7 Å². The van der Waals surface area contributed by atoms with Gasteiger partial charge in [-0.15, -0.1) is 13.2 Å². The van der Waals surface area contributed by atoms with Crippen LogP contribution in [0.5, 0.6) is 5.75 Å². The predicted molar refractivity (Wildman–Crippen MR) is 148 cm³/mol. The molecule has 0 aliphatic carbocycles. The largest absolute Gasteiger partial charge is 0.573 e. The average Bonchev–Trinajstić information content (AvgIpc) is 2.91. The molecule has 0 bridgehead atoms. The van der Waals surface area contributed by atoms with Crippen LogP contribution in [0.25, 0.3) is 17.3 Å². The van der Waals surface area contributed by atoms with Crippen LogP contribution >= 0.6 is 35.0 Å². The van der Waals surface area contributed by atoms with Crippen LogP contribution in [0.2, 0.25) is 10.0 Å². The van der Waals surface area contributed by atoms with Crippen LogP contribution in [-0.2, 0) is 5.75 Å². The molecular weight excluding hydrogens is 586 g/mol. The standard InChI is InChI=1S/C28H16Cl2F3N3O3S/c29-22-10-7-19(13-23(22)30)24(37)11-4-16-2-1-3-17(12-16)15-40-27-35-25(21(14-34)26(38)36-27)18-5-8-20(9-6-18)39-28(31,32)33/h1-13H,15H2,(H,35,36,38)/b11-4+. The molecule has 0 radical (unpaired) electrons. The molecule has 3 aromatic carbocycles. The smallest absolute Gasteiger partial charge is 0.406 e. The molecule has 0 aliphatic heterocycles. The van der Waals surface area contributed by atoms with Gasteiger partial charge in [0.1, 0.15) is 17.4 Å². The average molecular weight is 602 g/mol. The topological polar surface area (TPSA) is 95.8 Å². The Balaban J connectivity index is 1.49. The van der Waals surface area contributed by atoms with E-state index in [2.05, 4.69) is 14.7 Å². The lowest BCUT2D eigenvalue weighted by Gasteiger charge is -2.10. The van der Waals surface area contributed by atoms with Gasteiger partial charge >= 0.3 is 6.36 Å². The maximum absolute atomic E-state index is 12.5. The number of rotatable bonds is 8. The number of nitrogens with zero attached hydrogens (tertiary/aromatic N) is 2. The minimum atomic E-state index is -4.85. The van der Waals surface area contributed by atoms with E-state index in [1.807, 2.05) is 24.3 Å². The molecular formula is C28H16Cl2F3N3O3S. The van der Waals surface area contributed by atoms with Gasteiger partial charge in [-0.05, 0) is 59.7 Å². The lowest BCUT2D eigenvalue weighted by atomic mass is 10.1. The first-order valence-corrected chi connectivity index (χ1v) is 13.1. The number of alkyl halides is 3. The summed E-state index contributed by atoms with van der Waals surface area (Å²) in [5.41, 5.74) is 1.37. The number of carbonyl (C=O) groups excluding carboxylic acids is 1. The van der Waals surface area contributed by atoms with Crippen LogP contribution in [-0.4, -0.2) is 22.1 Å². The van der Waals surface area contributed by atoms with Gasteiger partial charge in [-0.3, -0.25) is 9.59 Å². The van der Waals surface area contributed by atoms with Crippen molar-refractivity contribution < 1.29 is 22.7 Å². The van der Waals surface area contributed by atoms with Gasteiger partial charge in [-0.1, -0.05) is 65.3 Å². The highest BCUT2D eigenvalue weighted by atomic mass is 35.5. The number of halogens is 5. The Hall–Kier alpha value is -4.04. The quantitative estimate of drug-likeness (QED) is 0.0961. The van der Waals surface area contributed by atoms with E-state index in [0.717, 1.165) is 23.3 Å². The van der Waals surface area contributed by atoms with Gasteiger partial charge in [0, 0.05) is 16.9 Å². The van der Waals surface area contributed by atoms with Gasteiger partial charge in [0.25, 0.3) is 5.56 Å². The Morgan fingerprint density at radius 2 is 1.82 bits per heavy atom. The molecule has 1 heterocycles. The minimum absolute atomic E-state index is 0.0322. The lowest BCUT2D eigenvalue weighted by Crippen LogP contribution is -2.17. The van der Waals surface area contributed by atoms with Gasteiger partial charge in [0.2, 0.25) is 0 Å². The van der Waals surface area contributed by atoms with Crippen molar-refractivity contribution in [2.75, 3.05) is 0 Å². The molecule has 0 atom stereocenters. The van der Waals surface area contributed by atoms with Crippen LogP contribution in [0, 0.1) is 11.3 Å². The van der Waals surface area contributed by atoms with Gasteiger partial charge in [-0.2, -0.15) is 5.26 Å². The maximum Gasteiger partial charge on any atom is 0.573 e. The number of nitriles is 1. The summed E-state index contributed by atoms with van der Waals surface area (Å²) in [5, 5.41) is 10.3. The van der Waals surface area contributed by atoms with Crippen molar-refractivity contribution >= 4 is 46.8 Å². The van der Waals surface area contributed by atoms with Crippen molar-refractivity contribution in [1.82, 2.24) is 9.97 Å². The van der Waals surface area contributed by atoms with Crippen LogP contribution in [0.15, 0.2) is 82.8 Å². The Bertz CT molecular complexity index is 1700. The Morgan fingerprint density at radius 1 is 1.07 bits per heavy atom. The zero-order chi connectivity index (χ0) is 28.9. The van der Waals surface area contributed by atoms with E-state index in [9.17, 15) is 28.0 Å². The normalized spacial score (nSPS) is 11.4. The van der Waals surface area contributed by atoms with E-state index in [0.29, 0.717) is 16.3 Å². The van der Waals surface area contributed by atoms with Crippen LogP contribution in [0.1, 0.15) is 27.0 Å².